The molecule has 1 saturated carbocycles. The van der Waals surface area contributed by atoms with Crippen LogP contribution >= 0.6 is 0 Å². The lowest BCUT2D eigenvalue weighted by atomic mass is 9.84. The number of H-pyrrole nitrogens is 1. The first-order valence-electron chi connectivity index (χ1n) is 12.6. The number of amides is 1. The third-order valence-electron chi connectivity index (χ3n) is 8.21. The number of alkyl halides is 2. The number of carbonyl (C=O) groups excluding carboxylic acids is 1. The summed E-state index contributed by atoms with van der Waals surface area (Å²) in [6.45, 7) is 4.69. The molecule has 0 spiro atoms. The number of nitrogens with one attached hydrogen (secondary N) is 1. The van der Waals surface area contributed by atoms with Crippen molar-refractivity contribution in [3.05, 3.63) is 31.0 Å². The zero-order chi connectivity index (χ0) is 24.2. The number of aromatic amines is 1. The van der Waals surface area contributed by atoms with Crippen LogP contribution in [0, 0.1) is 5.92 Å². The third-order valence-corrected chi connectivity index (χ3v) is 8.21. The summed E-state index contributed by atoms with van der Waals surface area (Å²) in [5, 5.41) is 5.60. The Labute approximate surface area is 202 Å². The SMILES string of the molecule is CC1CC(N2CC(n3cc(-c4ncnc5[nH]ccc45)cn3)C2)CCN1C(=O)C1CCC(F)(F)CC1. The second-order valence-electron chi connectivity index (χ2n) is 10.5. The minimum absolute atomic E-state index is 0.0817. The molecular weight excluding hydrogens is 452 g/mol. The molecule has 1 N–H and O–H groups in total. The van der Waals surface area contributed by atoms with Gasteiger partial charge in [-0.1, -0.05) is 0 Å². The summed E-state index contributed by atoms with van der Waals surface area (Å²) in [7, 11) is 0. The van der Waals surface area contributed by atoms with Crippen LogP contribution in [0.4, 0.5) is 8.78 Å². The minimum atomic E-state index is -2.60. The number of likely N-dealkylation sites (tertiary alicyclic amines) is 2. The molecule has 0 aromatic carbocycles. The van der Waals surface area contributed by atoms with Crippen molar-refractivity contribution in [3.8, 4) is 11.3 Å². The monoisotopic (exact) mass is 483 g/mol. The number of hydrogen-bond donors (Lipinski definition) is 1. The maximum atomic E-state index is 13.5. The van der Waals surface area contributed by atoms with Gasteiger partial charge < -0.3 is 9.88 Å². The van der Waals surface area contributed by atoms with Gasteiger partial charge in [-0.25, -0.2) is 18.7 Å². The highest BCUT2D eigenvalue weighted by Crippen LogP contribution is 2.38. The van der Waals surface area contributed by atoms with Crippen molar-refractivity contribution in [1.29, 1.82) is 0 Å². The fraction of sp³-hybridized carbons (Fsp3) is 0.600. The second kappa shape index (κ2) is 8.65. The summed E-state index contributed by atoms with van der Waals surface area (Å²) in [6, 6.07) is 2.89. The molecule has 1 amide bonds. The first-order valence-corrected chi connectivity index (χ1v) is 12.6. The molecule has 3 aliphatic rings. The highest BCUT2D eigenvalue weighted by molar-refractivity contribution is 5.90. The van der Waals surface area contributed by atoms with E-state index in [-0.39, 0.29) is 30.7 Å². The summed E-state index contributed by atoms with van der Waals surface area (Å²) in [5.41, 5.74) is 2.68. The van der Waals surface area contributed by atoms with E-state index in [1.165, 1.54) is 0 Å². The van der Waals surface area contributed by atoms with E-state index >= 15 is 0 Å². The standard InChI is InChI=1S/C25H31F2N7O/c1-16-10-19(5-9-33(16)24(35)17-2-6-25(26,27)7-3-17)32-13-20(14-32)34-12-18(11-31-34)22-21-4-8-28-23(21)30-15-29-22/h4,8,11-12,15-17,19-20H,2-3,5-7,9-10,13-14H2,1H3,(H,28,29,30). The lowest BCUT2D eigenvalue weighted by Crippen LogP contribution is -2.58. The van der Waals surface area contributed by atoms with E-state index in [9.17, 15) is 13.6 Å². The molecule has 2 saturated heterocycles. The number of halogens is 2. The Morgan fingerprint density at radius 1 is 1.14 bits per heavy atom. The molecule has 8 nitrogen and oxygen atoms in total. The van der Waals surface area contributed by atoms with Gasteiger partial charge in [-0.05, 0) is 38.7 Å². The minimum Gasteiger partial charge on any atom is -0.346 e. The average Bonchev–Trinajstić information content (AvgIpc) is 3.48. The quantitative estimate of drug-likeness (QED) is 0.609. The number of fused-ring (bicyclic) bond motifs is 1. The van der Waals surface area contributed by atoms with Crippen LogP contribution in [0.25, 0.3) is 22.3 Å². The number of hydrogen-bond acceptors (Lipinski definition) is 5. The first-order chi connectivity index (χ1) is 16.9. The Kier molecular flexibility index (Phi) is 5.58. The van der Waals surface area contributed by atoms with Gasteiger partial charge in [0.25, 0.3) is 0 Å². The van der Waals surface area contributed by atoms with Crippen LogP contribution in [0.3, 0.4) is 0 Å². The van der Waals surface area contributed by atoms with Gasteiger partial charge >= 0.3 is 0 Å². The third kappa shape index (κ3) is 4.22. The lowest BCUT2D eigenvalue weighted by Gasteiger charge is -2.49. The van der Waals surface area contributed by atoms with Gasteiger partial charge in [0.1, 0.15) is 12.0 Å². The number of carbonyl (C=O) groups is 1. The van der Waals surface area contributed by atoms with Gasteiger partial charge in [-0.2, -0.15) is 5.10 Å². The smallest absolute Gasteiger partial charge is 0.248 e. The Balaban J connectivity index is 1.03. The Morgan fingerprint density at radius 2 is 1.94 bits per heavy atom. The first kappa shape index (κ1) is 22.6. The van der Waals surface area contributed by atoms with Crippen LogP contribution in [0.2, 0.25) is 0 Å². The molecule has 6 rings (SSSR count). The van der Waals surface area contributed by atoms with Crippen LogP contribution in [-0.2, 0) is 4.79 Å². The number of rotatable bonds is 4. The maximum absolute atomic E-state index is 13.5. The van der Waals surface area contributed by atoms with Crippen LogP contribution in [-0.4, -0.2) is 78.1 Å². The molecule has 3 aromatic rings. The number of nitrogens with zero attached hydrogens (tertiary/aromatic N) is 6. The molecule has 3 fully saturated rings. The Hall–Kier alpha value is -2.88. The molecule has 10 heteroatoms. The average molecular weight is 484 g/mol. The zero-order valence-corrected chi connectivity index (χ0v) is 19.9. The predicted molar refractivity (Wildman–Crippen MR) is 127 cm³/mol. The van der Waals surface area contributed by atoms with Gasteiger partial charge in [0, 0.05) is 73.8 Å². The van der Waals surface area contributed by atoms with E-state index in [1.807, 2.05) is 28.0 Å². The summed E-state index contributed by atoms with van der Waals surface area (Å²) in [4.78, 5) is 29.3. The van der Waals surface area contributed by atoms with Gasteiger partial charge in [-0.3, -0.25) is 14.4 Å². The number of piperidine rings is 1. The molecule has 35 heavy (non-hydrogen) atoms. The largest absolute Gasteiger partial charge is 0.346 e. The summed E-state index contributed by atoms with van der Waals surface area (Å²) >= 11 is 0. The summed E-state index contributed by atoms with van der Waals surface area (Å²) in [5.74, 6) is -2.75. The molecule has 3 aromatic heterocycles. The number of aromatic nitrogens is 5. The highest BCUT2D eigenvalue weighted by atomic mass is 19.3. The topological polar surface area (TPSA) is 82.9 Å². The van der Waals surface area contributed by atoms with Crippen molar-refractivity contribution in [2.24, 2.45) is 5.92 Å². The molecule has 186 valence electrons. The molecule has 0 bridgehead atoms. The van der Waals surface area contributed by atoms with Crippen molar-refractivity contribution in [2.45, 2.75) is 69.5 Å². The van der Waals surface area contributed by atoms with Crippen molar-refractivity contribution < 1.29 is 13.6 Å². The van der Waals surface area contributed by atoms with Gasteiger partial charge in [0.15, 0.2) is 0 Å². The van der Waals surface area contributed by atoms with Crippen LogP contribution in [0.1, 0.15) is 51.5 Å². The van der Waals surface area contributed by atoms with E-state index in [0.717, 1.165) is 48.2 Å². The van der Waals surface area contributed by atoms with Crippen LogP contribution in [0.5, 0.6) is 0 Å². The van der Waals surface area contributed by atoms with E-state index in [0.29, 0.717) is 31.5 Å². The molecule has 2 atom stereocenters. The van der Waals surface area contributed by atoms with Crippen molar-refractivity contribution >= 4 is 16.9 Å². The molecule has 2 unspecified atom stereocenters. The maximum Gasteiger partial charge on any atom is 0.248 e. The predicted octanol–water partition coefficient (Wildman–Crippen LogP) is 3.88. The summed E-state index contributed by atoms with van der Waals surface area (Å²) < 4.78 is 29.0. The van der Waals surface area contributed by atoms with E-state index in [2.05, 4.69) is 38.1 Å². The van der Waals surface area contributed by atoms with Crippen molar-refractivity contribution in [3.63, 3.8) is 0 Å². The molecular formula is C25H31F2N7O. The van der Waals surface area contributed by atoms with Gasteiger partial charge in [0.05, 0.1) is 17.9 Å². The van der Waals surface area contributed by atoms with Crippen LogP contribution in [0.15, 0.2) is 31.0 Å². The molecule has 2 aliphatic heterocycles. The second-order valence-corrected chi connectivity index (χ2v) is 10.5. The Morgan fingerprint density at radius 3 is 2.71 bits per heavy atom. The van der Waals surface area contributed by atoms with Crippen molar-refractivity contribution in [1.82, 2.24) is 34.5 Å². The van der Waals surface area contributed by atoms with E-state index in [4.69, 9.17) is 0 Å². The molecule has 0 radical (unpaired) electrons. The van der Waals surface area contributed by atoms with Gasteiger partial charge in [-0.15, -0.1) is 0 Å². The Bertz CT molecular complexity index is 1210. The summed E-state index contributed by atoms with van der Waals surface area (Å²) in [6.07, 6.45) is 9.52. The molecule has 1 aliphatic carbocycles. The molecule has 5 heterocycles. The highest BCUT2D eigenvalue weighted by Gasteiger charge is 2.42. The van der Waals surface area contributed by atoms with E-state index < -0.39 is 5.92 Å². The fourth-order valence-corrected chi connectivity index (χ4v) is 6.04. The van der Waals surface area contributed by atoms with E-state index in [1.54, 1.807) is 6.33 Å². The van der Waals surface area contributed by atoms with Crippen LogP contribution < -0.4 is 0 Å². The lowest BCUT2D eigenvalue weighted by molar-refractivity contribution is -0.144. The zero-order valence-electron chi connectivity index (χ0n) is 19.9. The van der Waals surface area contributed by atoms with Gasteiger partial charge in [0.2, 0.25) is 11.8 Å². The normalized spacial score (nSPS) is 26.2. The fourth-order valence-electron chi connectivity index (χ4n) is 6.04. The van der Waals surface area contributed by atoms with Crippen molar-refractivity contribution in [2.75, 3.05) is 19.6 Å².